The van der Waals surface area contributed by atoms with E-state index in [0.717, 1.165) is 23.5 Å². The molecule has 0 aliphatic rings. The Hall–Kier alpha value is -3.91. The summed E-state index contributed by atoms with van der Waals surface area (Å²) in [4.78, 5) is 16.3. The first-order valence-corrected chi connectivity index (χ1v) is 9.86. The van der Waals surface area contributed by atoms with Gasteiger partial charge in [0.2, 0.25) is 11.9 Å². The summed E-state index contributed by atoms with van der Waals surface area (Å²) in [7, 11) is 0. The standard InChI is InChI=1S/C23H22FN7/c24-21-14-28-22(29-15-21)27-13-18-7-9-20(10-8-18)17-31(16-19-5-2-1-3-6-19)30-23-25-11-4-12-26-23/h1-12,14-15H,13,16-17H2,(H,25,26,30)(H,27,28,29). The van der Waals surface area contributed by atoms with Crippen LogP contribution >= 0.6 is 0 Å². The van der Waals surface area contributed by atoms with Crippen LogP contribution in [0.1, 0.15) is 16.7 Å². The first kappa shape index (κ1) is 20.4. The lowest BCUT2D eigenvalue weighted by Crippen LogP contribution is -2.30. The number of halogens is 1. The van der Waals surface area contributed by atoms with Crippen LogP contribution in [0.25, 0.3) is 0 Å². The Kier molecular flexibility index (Phi) is 6.71. The van der Waals surface area contributed by atoms with Crippen molar-refractivity contribution in [2.24, 2.45) is 0 Å². The zero-order valence-electron chi connectivity index (χ0n) is 16.8. The lowest BCUT2D eigenvalue weighted by atomic mass is 10.1. The SMILES string of the molecule is Fc1cnc(NCc2ccc(CN(Cc3ccccc3)Nc3ncccn3)cc2)nc1. The van der Waals surface area contributed by atoms with Crippen molar-refractivity contribution in [1.29, 1.82) is 0 Å². The van der Waals surface area contributed by atoms with Gasteiger partial charge in [-0.3, -0.25) is 5.43 Å². The molecule has 2 heterocycles. The van der Waals surface area contributed by atoms with Crippen LogP contribution in [0.3, 0.4) is 0 Å². The van der Waals surface area contributed by atoms with Gasteiger partial charge >= 0.3 is 0 Å². The van der Waals surface area contributed by atoms with Crippen LogP contribution in [-0.4, -0.2) is 24.9 Å². The van der Waals surface area contributed by atoms with Crippen molar-refractivity contribution in [3.05, 3.63) is 108 Å². The summed E-state index contributed by atoms with van der Waals surface area (Å²) >= 11 is 0. The summed E-state index contributed by atoms with van der Waals surface area (Å²) in [6.07, 6.45) is 5.71. The molecule has 0 atom stereocenters. The number of nitrogens with zero attached hydrogens (tertiary/aromatic N) is 5. The number of rotatable bonds is 9. The molecule has 4 aromatic rings. The van der Waals surface area contributed by atoms with Gasteiger partial charge in [-0.05, 0) is 22.8 Å². The van der Waals surface area contributed by atoms with Gasteiger partial charge in [0.1, 0.15) is 0 Å². The second kappa shape index (κ2) is 10.2. The third-order valence-corrected chi connectivity index (χ3v) is 4.51. The number of anilines is 2. The van der Waals surface area contributed by atoms with Gasteiger partial charge in [0.15, 0.2) is 5.82 Å². The molecule has 0 unspecified atom stereocenters. The Bertz CT molecular complexity index is 1020. The Balaban J connectivity index is 1.40. The van der Waals surface area contributed by atoms with E-state index in [1.165, 1.54) is 5.56 Å². The lowest BCUT2D eigenvalue weighted by Gasteiger charge is -2.23. The van der Waals surface area contributed by atoms with Crippen molar-refractivity contribution in [3.63, 3.8) is 0 Å². The van der Waals surface area contributed by atoms with Gasteiger partial charge in [0.05, 0.1) is 12.4 Å². The minimum atomic E-state index is -0.454. The monoisotopic (exact) mass is 415 g/mol. The molecule has 156 valence electrons. The van der Waals surface area contributed by atoms with Crippen molar-refractivity contribution in [2.45, 2.75) is 19.6 Å². The zero-order valence-corrected chi connectivity index (χ0v) is 16.8. The highest BCUT2D eigenvalue weighted by atomic mass is 19.1. The topological polar surface area (TPSA) is 78.9 Å². The second-order valence-electron chi connectivity index (χ2n) is 6.92. The van der Waals surface area contributed by atoms with Gasteiger partial charge < -0.3 is 5.32 Å². The number of hydrogen-bond acceptors (Lipinski definition) is 7. The quantitative estimate of drug-likeness (QED) is 0.399. The van der Waals surface area contributed by atoms with Crippen molar-refractivity contribution in [2.75, 3.05) is 10.7 Å². The van der Waals surface area contributed by atoms with Gasteiger partial charge in [-0.2, -0.15) is 0 Å². The summed E-state index contributed by atoms with van der Waals surface area (Å²) in [5.74, 6) is 0.495. The van der Waals surface area contributed by atoms with Crippen LogP contribution in [0, 0.1) is 5.82 Å². The fourth-order valence-corrected chi connectivity index (χ4v) is 3.00. The Morgan fingerprint density at radius 2 is 1.29 bits per heavy atom. The zero-order chi connectivity index (χ0) is 21.3. The van der Waals surface area contributed by atoms with Crippen molar-refractivity contribution in [1.82, 2.24) is 24.9 Å². The molecule has 4 rings (SSSR count). The highest BCUT2D eigenvalue weighted by Gasteiger charge is 2.09. The van der Waals surface area contributed by atoms with Crippen LogP contribution in [0.4, 0.5) is 16.3 Å². The number of nitrogens with one attached hydrogen (secondary N) is 2. The summed E-state index contributed by atoms with van der Waals surface area (Å²) in [6, 6.07) is 20.3. The lowest BCUT2D eigenvalue weighted by molar-refractivity contribution is 0.310. The smallest absolute Gasteiger partial charge is 0.237 e. The number of hydrazine groups is 1. The van der Waals surface area contributed by atoms with Gasteiger partial charge in [-0.15, -0.1) is 0 Å². The molecule has 31 heavy (non-hydrogen) atoms. The average Bonchev–Trinajstić information content (AvgIpc) is 2.81. The van der Waals surface area contributed by atoms with Crippen molar-refractivity contribution < 1.29 is 4.39 Å². The molecule has 0 spiro atoms. The molecule has 2 N–H and O–H groups in total. The molecule has 0 aliphatic heterocycles. The Labute approximate surface area is 180 Å². The summed E-state index contributed by atoms with van der Waals surface area (Å²) in [5.41, 5.74) is 6.69. The van der Waals surface area contributed by atoms with Crippen LogP contribution in [-0.2, 0) is 19.6 Å². The molecule has 0 bridgehead atoms. The molecular weight excluding hydrogens is 393 g/mol. The number of aromatic nitrogens is 4. The first-order valence-electron chi connectivity index (χ1n) is 9.86. The maximum atomic E-state index is 12.9. The normalized spacial score (nSPS) is 10.8. The minimum Gasteiger partial charge on any atom is -0.350 e. The maximum Gasteiger partial charge on any atom is 0.237 e. The van der Waals surface area contributed by atoms with Crippen LogP contribution < -0.4 is 10.7 Å². The molecule has 0 saturated carbocycles. The minimum absolute atomic E-state index is 0.395. The van der Waals surface area contributed by atoms with Gasteiger partial charge in [-0.25, -0.2) is 29.3 Å². The predicted octanol–water partition coefficient (Wildman–Crippen LogP) is 4.05. The number of benzene rings is 2. The molecule has 7 nitrogen and oxygen atoms in total. The second-order valence-corrected chi connectivity index (χ2v) is 6.92. The van der Waals surface area contributed by atoms with Crippen molar-refractivity contribution in [3.8, 4) is 0 Å². The van der Waals surface area contributed by atoms with Gasteiger partial charge in [0.25, 0.3) is 0 Å². The largest absolute Gasteiger partial charge is 0.350 e. The molecular formula is C23H22FN7. The molecule has 2 aromatic heterocycles. The predicted molar refractivity (Wildman–Crippen MR) is 117 cm³/mol. The molecule has 0 fully saturated rings. The van der Waals surface area contributed by atoms with E-state index in [2.05, 4.69) is 60.0 Å². The summed E-state index contributed by atoms with van der Waals surface area (Å²) < 4.78 is 12.9. The van der Waals surface area contributed by atoms with E-state index in [9.17, 15) is 4.39 Å². The van der Waals surface area contributed by atoms with E-state index in [1.54, 1.807) is 18.5 Å². The third kappa shape index (κ3) is 6.28. The van der Waals surface area contributed by atoms with Gasteiger partial charge in [-0.1, -0.05) is 54.6 Å². The number of hydrogen-bond donors (Lipinski definition) is 2. The molecule has 0 radical (unpaired) electrons. The van der Waals surface area contributed by atoms with Crippen molar-refractivity contribution >= 4 is 11.9 Å². The van der Waals surface area contributed by atoms with E-state index in [1.807, 2.05) is 30.3 Å². The highest BCUT2D eigenvalue weighted by Crippen LogP contribution is 2.13. The van der Waals surface area contributed by atoms with Crippen LogP contribution in [0.5, 0.6) is 0 Å². The Morgan fingerprint density at radius 3 is 1.97 bits per heavy atom. The molecule has 2 aromatic carbocycles. The Morgan fingerprint density at radius 1 is 0.677 bits per heavy atom. The summed E-state index contributed by atoms with van der Waals surface area (Å²) in [5, 5.41) is 5.16. The van der Waals surface area contributed by atoms with E-state index in [0.29, 0.717) is 31.5 Å². The fraction of sp³-hybridized carbons (Fsp3) is 0.130. The van der Waals surface area contributed by atoms with Gasteiger partial charge in [0, 0.05) is 32.0 Å². The van der Waals surface area contributed by atoms with Crippen LogP contribution in [0.15, 0.2) is 85.5 Å². The van der Waals surface area contributed by atoms with Crippen LogP contribution in [0.2, 0.25) is 0 Å². The fourth-order valence-electron chi connectivity index (χ4n) is 3.00. The molecule has 0 amide bonds. The molecule has 0 aliphatic carbocycles. The van der Waals surface area contributed by atoms with E-state index in [-0.39, 0.29) is 0 Å². The maximum absolute atomic E-state index is 12.9. The molecule has 0 saturated heterocycles. The summed E-state index contributed by atoms with van der Waals surface area (Å²) in [6.45, 7) is 1.92. The van der Waals surface area contributed by atoms with E-state index < -0.39 is 5.82 Å². The van der Waals surface area contributed by atoms with E-state index in [4.69, 9.17) is 0 Å². The average molecular weight is 415 g/mol. The third-order valence-electron chi connectivity index (χ3n) is 4.51. The first-order chi connectivity index (χ1) is 15.2. The van der Waals surface area contributed by atoms with E-state index >= 15 is 0 Å². The molecule has 8 heteroatoms. The highest BCUT2D eigenvalue weighted by molar-refractivity contribution is 5.29.